The minimum Gasteiger partial charge on any atom is -0.325 e. The monoisotopic (exact) mass is 529 g/mol. The van der Waals surface area contributed by atoms with Crippen molar-refractivity contribution in [3.63, 3.8) is 0 Å². The van der Waals surface area contributed by atoms with Crippen molar-refractivity contribution in [3.8, 4) is 0 Å². The smallest absolute Gasteiger partial charge is 0.261 e. The third-order valence-electron chi connectivity index (χ3n) is 5.61. The molecule has 2 N–H and O–H groups in total. The molecule has 36 heavy (non-hydrogen) atoms. The van der Waals surface area contributed by atoms with Crippen LogP contribution < -0.4 is 14.3 Å². The molecule has 0 saturated carbocycles. The standard InChI is InChI=1S/C26H31N3O5S2/c1-18(2)21-7-11-23(12-8-21)29(35(5,31)32)17-26(30)27-22-9-13-24(14-10-22)36(33,34)28-25-15-6-19(3)16-20(25)4/h6-16,18,28H,17H2,1-5H3,(H,27,30). The molecule has 3 aromatic carbocycles. The number of carbonyl (C=O) groups excluding carboxylic acids is 1. The molecule has 10 heteroatoms. The van der Waals surface area contributed by atoms with E-state index in [9.17, 15) is 21.6 Å². The predicted octanol–water partition coefficient (Wildman–Crippen LogP) is 4.63. The molecule has 0 heterocycles. The van der Waals surface area contributed by atoms with Gasteiger partial charge in [0.05, 0.1) is 22.5 Å². The van der Waals surface area contributed by atoms with E-state index in [1.54, 1.807) is 18.2 Å². The molecule has 0 bridgehead atoms. The third kappa shape index (κ3) is 6.86. The van der Waals surface area contributed by atoms with Crippen molar-refractivity contribution in [2.45, 2.75) is 38.5 Å². The molecule has 3 rings (SSSR count). The average Bonchev–Trinajstić information content (AvgIpc) is 2.79. The molecule has 0 aliphatic heterocycles. The Morgan fingerprint density at radius 2 is 1.50 bits per heavy atom. The summed E-state index contributed by atoms with van der Waals surface area (Å²) in [6.07, 6.45) is 1.04. The van der Waals surface area contributed by atoms with E-state index in [1.807, 2.05) is 52.0 Å². The number of nitrogens with one attached hydrogen (secondary N) is 2. The first-order chi connectivity index (χ1) is 16.8. The molecule has 0 atom stereocenters. The van der Waals surface area contributed by atoms with E-state index in [1.165, 1.54) is 24.3 Å². The van der Waals surface area contributed by atoms with Gasteiger partial charge < -0.3 is 5.32 Å². The topological polar surface area (TPSA) is 113 Å². The molecule has 1 amide bonds. The lowest BCUT2D eigenvalue weighted by atomic mass is 10.0. The molecule has 0 aromatic heterocycles. The number of rotatable bonds is 9. The largest absolute Gasteiger partial charge is 0.325 e. The second-order valence-corrected chi connectivity index (χ2v) is 12.6. The zero-order valence-corrected chi connectivity index (χ0v) is 22.6. The van der Waals surface area contributed by atoms with Crippen LogP contribution in [-0.4, -0.2) is 35.5 Å². The van der Waals surface area contributed by atoms with Crippen LogP contribution in [0.4, 0.5) is 17.1 Å². The average molecular weight is 530 g/mol. The predicted molar refractivity (Wildman–Crippen MR) is 145 cm³/mol. The van der Waals surface area contributed by atoms with Crippen molar-refractivity contribution in [1.29, 1.82) is 0 Å². The molecule has 0 saturated heterocycles. The van der Waals surface area contributed by atoms with Crippen LogP contribution in [-0.2, 0) is 24.8 Å². The summed E-state index contributed by atoms with van der Waals surface area (Å²) in [5.74, 6) is -0.269. The summed E-state index contributed by atoms with van der Waals surface area (Å²) in [6, 6.07) is 18.1. The van der Waals surface area contributed by atoms with E-state index in [0.29, 0.717) is 17.1 Å². The van der Waals surface area contributed by atoms with Gasteiger partial charge in [-0.25, -0.2) is 16.8 Å². The van der Waals surface area contributed by atoms with Gasteiger partial charge in [0.1, 0.15) is 6.54 Å². The van der Waals surface area contributed by atoms with Crippen LogP contribution >= 0.6 is 0 Å². The van der Waals surface area contributed by atoms with Crippen molar-refractivity contribution in [2.24, 2.45) is 0 Å². The molecule has 0 fully saturated rings. The van der Waals surface area contributed by atoms with Crippen molar-refractivity contribution in [3.05, 3.63) is 83.4 Å². The second-order valence-electron chi connectivity index (χ2n) is 9.01. The summed E-state index contributed by atoms with van der Waals surface area (Å²) in [7, 11) is -7.54. The van der Waals surface area contributed by atoms with Crippen LogP contribution in [0.2, 0.25) is 0 Å². The SMILES string of the molecule is Cc1ccc(NS(=O)(=O)c2ccc(NC(=O)CN(c3ccc(C(C)C)cc3)S(C)(=O)=O)cc2)c(C)c1. The summed E-state index contributed by atoms with van der Waals surface area (Å²) in [6.45, 7) is 7.39. The van der Waals surface area contributed by atoms with Gasteiger partial charge in [-0.1, -0.05) is 43.7 Å². The minimum absolute atomic E-state index is 0.0310. The number of hydrogen-bond acceptors (Lipinski definition) is 5. The molecular weight excluding hydrogens is 498 g/mol. The summed E-state index contributed by atoms with van der Waals surface area (Å²) in [5, 5.41) is 2.63. The number of amides is 1. The van der Waals surface area contributed by atoms with E-state index >= 15 is 0 Å². The van der Waals surface area contributed by atoms with Gasteiger partial charge in [0, 0.05) is 5.69 Å². The maximum atomic E-state index is 12.8. The Morgan fingerprint density at radius 1 is 0.889 bits per heavy atom. The van der Waals surface area contributed by atoms with Crippen LogP contribution in [0, 0.1) is 13.8 Å². The van der Waals surface area contributed by atoms with Crippen LogP contribution in [0.5, 0.6) is 0 Å². The van der Waals surface area contributed by atoms with Gasteiger partial charge in [-0.2, -0.15) is 0 Å². The van der Waals surface area contributed by atoms with Gasteiger partial charge >= 0.3 is 0 Å². The van der Waals surface area contributed by atoms with Gasteiger partial charge in [0.2, 0.25) is 15.9 Å². The Labute approximate surface area is 213 Å². The molecule has 0 aliphatic rings. The van der Waals surface area contributed by atoms with Gasteiger partial charge in [-0.15, -0.1) is 0 Å². The molecule has 3 aromatic rings. The Morgan fingerprint density at radius 3 is 2.03 bits per heavy atom. The van der Waals surface area contributed by atoms with E-state index in [-0.39, 0.29) is 10.8 Å². The number of nitrogens with zero attached hydrogens (tertiary/aromatic N) is 1. The number of anilines is 3. The first-order valence-corrected chi connectivity index (χ1v) is 14.7. The fourth-order valence-corrected chi connectivity index (χ4v) is 5.59. The Bertz CT molecular complexity index is 1450. The zero-order chi connectivity index (χ0) is 26.7. The van der Waals surface area contributed by atoms with Crippen molar-refractivity contribution >= 4 is 43.0 Å². The highest BCUT2D eigenvalue weighted by Gasteiger charge is 2.21. The molecular formula is C26H31N3O5S2. The normalized spacial score (nSPS) is 11.8. The van der Waals surface area contributed by atoms with Crippen LogP contribution in [0.3, 0.4) is 0 Å². The van der Waals surface area contributed by atoms with Crippen LogP contribution in [0.1, 0.15) is 36.5 Å². The maximum Gasteiger partial charge on any atom is 0.261 e. The third-order valence-corrected chi connectivity index (χ3v) is 8.13. The molecule has 0 unspecified atom stereocenters. The lowest BCUT2D eigenvalue weighted by Crippen LogP contribution is -2.37. The molecule has 8 nitrogen and oxygen atoms in total. The van der Waals surface area contributed by atoms with E-state index < -0.39 is 32.5 Å². The van der Waals surface area contributed by atoms with Gasteiger partial charge in [-0.05, 0) is 73.4 Å². The Hall–Kier alpha value is -3.37. The Kier molecular flexibility index (Phi) is 8.10. The molecule has 192 valence electrons. The van der Waals surface area contributed by atoms with Crippen molar-refractivity contribution < 1.29 is 21.6 Å². The first-order valence-electron chi connectivity index (χ1n) is 11.3. The summed E-state index contributed by atoms with van der Waals surface area (Å²) in [4.78, 5) is 12.7. The Balaban J connectivity index is 1.71. The van der Waals surface area contributed by atoms with Crippen LogP contribution in [0.15, 0.2) is 71.6 Å². The lowest BCUT2D eigenvalue weighted by Gasteiger charge is -2.22. The second kappa shape index (κ2) is 10.7. The summed E-state index contributed by atoms with van der Waals surface area (Å²) >= 11 is 0. The lowest BCUT2D eigenvalue weighted by molar-refractivity contribution is -0.114. The van der Waals surface area contributed by atoms with Gasteiger partial charge in [0.15, 0.2) is 0 Å². The van der Waals surface area contributed by atoms with E-state index in [4.69, 9.17) is 0 Å². The summed E-state index contributed by atoms with van der Waals surface area (Å²) < 4.78 is 53.9. The number of carbonyl (C=O) groups is 1. The highest BCUT2D eigenvalue weighted by molar-refractivity contribution is 7.92. The van der Waals surface area contributed by atoms with E-state index in [2.05, 4.69) is 10.0 Å². The highest BCUT2D eigenvalue weighted by atomic mass is 32.2. The number of benzene rings is 3. The highest BCUT2D eigenvalue weighted by Crippen LogP contribution is 2.24. The van der Waals surface area contributed by atoms with E-state index in [0.717, 1.165) is 27.3 Å². The van der Waals surface area contributed by atoms with Crippen molar-refractivity contribution in [1.82, 2.24) is 0 Å². The number of aryl methyl sites for hydroxylation is 2. The fraction of sp³-hybridized carbons (Fsp3) is 0.269. The van der Waals surface area contributed by atoms with Gasteiger partial charge in [-0.3, -0.25) is 13.8 Å². The molecule has 0 aliphatic carbocycles. The molecule has 0 spiro atoms. The van der Waals surface area contributed by atoms with Gasteiger partial charge in [0.25, 0.3) is 10.0 Å². The number of sulfonamides is 2. The minimum atomic E-state index is -3.83. The van der Waals surface area contributed by atoms with Crippen molar-refractivity contribution in [2.75, 3.05) is 27.1 Å². The molecule has 0 radical (unpaired) electrons. The summed E-state index contributed by atoms with van der Waals surface area (Å²) in [5.41, 5.74) is 4.10. The zero-order valence-electron chi connectivity index (χ0n) is 20.9. The maximum absolute atomic E-state index is 12.8. The quantitative estimate of drug-likeness (QED) is 0.420. The first kappa shape index (κ1) is 27.2. The van der Waals surface area contributed by atoms with Crippen LogP contribution in [0.25, 0.3) is 0 Å². The fourth-order valence-electron chi connectivity index (χ4n) is 3.61. The number of hydrogen-bond donors (Lipinski definition) is 2.